The average molecular weight is 456 g/mol. The second-order valence-electron chi connectivity index (χ2n) is 8.82. The molecule has 4 rings (SSSR count). The SMILES string of the molecule is CC(C)c1ccc(OCCCn2c(CCCNC(=O)c3ccccc3)nc3ccccc32)cc1. The lowest BCUT2D eigenvalue weighted by Gasteiger charge is -2.12. The second kappa shape index (κ2) is 11.5. The van der Waals surface area contributed by atoms with Crippen molar-refractivity contribution in [3.8, 4) is 5.75 Å². The Morgan fingerprint density at radius 1 is 0.941 bits per heavy atom. The van der Waals surface area contributed by atoms with E-state index < -0.39 is 0 Å². The quantitative estimate of drug-likeness (QED) is 0.283. The summed E-state index contributed by atoms with van der Waals surface area (Å²) in [7, 11) is 0. The van der Waals surface area contributed by atoms with Crippen LogP contribution in [0.2, 0.25) is 0 Å². The van der Waals surface area contributed by atoms with Gasteiger partial charge in [-0.3, -0.25) is 4.79 Å². The fraction of sp³-hybridized carbons (Fsp3) is 0.310. The highest BCUT2D eigenvalue weighted by Gasteiger charge is 2.11. The topological polar surface area (TPSA) is 56.1 Å². The van der Waals surface area contributed by atoms with E-state index >= 15 is 0 Å². The molecule has 0 atom stereocenters. The smallest absolute Gasteiger partial charge is 0.251 e. The number of amides is 1. The zero-order chi connectivity index (χ0) is 23.8. The average Bonchev–Trinajstić information content (AvgIpc) is 3.22. The van der Waals surface area contributed by atoms with E-state index in [4.69, 9.17) is 9.72 Å². The number of rotatable bonds is 11. The lowest BCUT2D eigenvalue weighted by Crippen LogP contribution is -2.24. The second-order valence-corrected chi connectivity index (χ2v) is 8.82. The molecule has 0 aliphatic carbocycles. The third kappa shape index (κ3) is 6.04. The number of aromatic nitrogens is 2. The van der Waals surface area contributed by atoms with Crippen LogP contribution in [0, 0.1) is 0 Å². The Balaban J connectivity index is 1.31. The molecule has 4 aromatic rings. The van der Waals surface area contributed by atoms with Crippen LogP contribution in [0.15, 0.2) is 78.9 Å². The number of carbonyl (C=O) groups excluding carboxylic acids is 1. The molecule has 0 saturated carbocycles. The predicted octanol–water partition coefficient (Wildman–Crippen LogP) is 5.99. The van der Waals surface area contributed by atoms with Gasteiger partial charge in [0.25, 0.3) is 5.91 Å². The van der Waals surface area contributed by atoms with Crippen LogP contribution >= 0.6 is 0 Å². The van der Waals surface area contributed by atoms with Crippen LogP contribution in [-0.4, -0.2) is 28.6 Å². The maximum Gasteiger partial charge on any atom is 0.251 e. The minimum atomic E-state index is -0.0346. The summed E-state index contributed by atoms with van der Waals surface area (Å²) in [5.41, 5.74) is 4.17. The number of para-hydroxylation sites is 2. The molecule has 0 bridgehead atoms. The Bertz CT molecular complexity index is 1200. The van der Waals surface area contributed by atoms with E-state index in [1.165, 1.54) is 5.56 Å². The molecule has 0 aliphatic rings. The van der Waals surface area contributed by atoms with Gasteiger partial charge in [-0.05, 0) is 60.7 Å². The van der Waals surface area contributed by atoms with Crippen LogP contribution < -0.4 is 10.1 Å². The minimum absolute atomic E-state index is 0.0346. The van der Waals surface area contributed by atoms with Gasteiger partial charge in [0.05, 0.1) is 17.6 Å². The first-order valence-electron chi connectivity index (χ1n) is 12.1. The number of benzene rings is 3. The number of hydrogen-bond donors (Lipinski definition) is 1. The molecule has 0 spiro atoms. The molecular weight excluding hydrogens is 422 g/mol. The first kappa shape index (κ1) is 23.6. The summed E-state index contributed by atoms with van der Waals surface area (Å²) in [5.74, 6) is 2.45. The number of fused-ring (bicyclic) bond motifs is 1. The van der Waals surface area contributed by atoms with Crippen molar-refractivity contribution in [3.63, 3.8) is 0 Å². The molecule has 5 heteroatoms. The highest BCUT2D eigenvalue weighted by atomic mass is 16.5. The molecular formula is C29H33N3O2. The molecule has 3 aromatic carbocycles. The van der Waals surface area contributed by atoms with Crippen molar-refractivity contribution in [2.75, 3.05) is 13.2 Å². The van der Waals surface area contributed by atoms with Gasteiger partial charge in [-0.25, -0.2) is 4.98 Å². The maximum absolute atomic E-state index is 12.3. The van der Waals surface area contributed by atoms with Crippen molar-refractivity contribution in [2.24, 2.45) is 0 Å². The number of carbonyl (C=O) groups is 1. The zero-order valence-corrected chi connectivity index (χ0v) is 20.0. The Morgan fingerprint density at radius 3 is 2.44 bits per heavy atom. The summed E-state index contributed by atoms with van der Waals surface area (Å²) < 4.78 is 8.27. The van der Waals surface area contributed by atoms with E-state index in [0.717, 1.165) is 48.4 Å². The molecule has 34 heavy (non-hydrogen) atoms. The zero-order valence-electron chi connectivity index (χ0n) is 20.0. The molecule has 0 radical (unpaired) electrons. The molecule has 1 N–H and O–H groups in total. The van der Waals surface area contributed by atoms with Gasteiger partial charge in [0.1, 0.15) is 11.6 Å². The summed E-state index contributed by atoms with van der Waals surface area (Å²) >= 11 is 0. The fourth-order valence-electron chi connectivity index (χ4n) is 4.07. The largest absolute Gasteiger partial charge is 0.494 e. The van der Waals surface area contributed by atoms with E-state index in [2.05, 4.69) is 66.2 Å². The number of nitrogens with zero attached hydrogens (tertiary/aromatic N) is 2. The van der Waals surface area contributed by atoms with Crippen LogP contribution in [0.25, 0.3) is 11.0 Å². The normalized spacial score (nSPS) is 11.1. The minimum Gasteiger partial charge on any atom is -0.494 e. The van der Waals surface area contributed by atoms with Gasteiger partial charge >= 0.3 is 0 Å². The van der Waals surface area contributed by atoms with Crippen LogP contribution in [0.5, 0.6) is 5.75 Å². The van der Waals surface area contributed by atoms with E-state index in [1.54, 1.807) is 0 Å². The molecule has 0 saturated heterocycles. The highest BCUT2D eigenvalue weighted by molar-refractivity contribution is 5.94. The van der Waals surface area contributed by atoms with E-state index in [1.807, 2.05) is 36.4 Å². The summed E-state index contributed by atoms with van der Waals surface area (Å²) in [5, 5.41) is 3.01. The van der Waals surface area contributed by atoms with Gasteiger partial charge in [-0.1, -0.05) is 56.3 Å². The molecule has 1 heterocycles. The Labute approximate surface area is 201 Å². The number of aryl methyl sites for hydroxylation is 2. The summed E-state index contributed by atoms with van der Waals surface area (Å²) in [6.45, 7) is 6.50. The van der Waals surface area contributed by atoms with E-state index in [9.17, 15) is 4.79 Å². The molecule has 0 aliphatic heterocycles. The highest BCUT2D eigenvalue weighted by Crippen LogP contribution is 2.20. The first-order valence-corrected chi connectivity index (χ1v) is 12.1. The number of imidazole rings is 1. The monoisotopic (exact) mass is 455 g/mol. The van der Waals surface area contributed by atoms with Gasteiger partial charge in [-0.2, -0.15) is 0 Å². The van der Waals surface area contributed by atoms with Gasteiger partial charge in [0, 0.05) is 25.1 Å². The molecule has 0 unspecified atom stereocenters. The Morgan fingerprint density at radius 2 is 1.68 bits per heavy atom. The molecule has 1 aromatic heterocycles. The molecule has 5 nitrogen and oxygen atoms in total. The first-order chi connectivity index (χ1) is 16.6. The standard InChI is InChI=1S/C29H33N3O2/c1-22(2)23-15-17-25(18-16-23)34-21-9-20-32-27-13-7-6-12-26(27)31-28(32)14-8-19-30-29(33)24-10-4-3-5-11-24/h3-7,10-13,15-18,22H,8-9,14,19-21H2,1-2H3,(H,30,33). The van der Waals surface area contributed by atoms with Crippen LogP contribution in [0.4, 0.5) is 0 Å². The lowest BCUT2D eigenvalue weighted by atomic mass is 10.0. The van der Waals surface area contributed by atoms with Crippen molar-refractivity contribution in [3.05, 3.63) is 95.8 Å². The summed E-state index contributed by atoms with van der Waals surface area (Å²) in [6.07, 6.45) is 2.53. The number of nitrogens with one attached hydrogen (secondary N) is 1. The van der Waals surface area contributed by atoms with E-state index in [-0.39, 0.29) is 5.91 Å². The number of hydrogen-bond acceptors (Lipinski definition) is 3. The van der Waals surface area contributed by atoms with Gasteiger partial charge in [-0.15, -0.1) is 0 Å². The molecule has 0 fully saturated rings. The van der Waals surface area contributed by atoms with Crippen molar-refractivity contribution in [1.29, 1.82) is 0 Å². The summed E-state index contributed by atoms with van der Waals surface area (Å²) in [4.78, 5) is 17.1. The van der Waals surface area contributed by atoms with Crippen molar-refractivity contribution in [1.82, 2.24) is 14.9 Å². The van der Waals surface area contributed by atoms with Crippen molar-refractivity contribution in [2.45, 2.75) is 45.6 Å². The van der Waals surface area contributed by atoms with Crippen LogP contribution in [0.3, 0.4) is 0 Å². The van der Waals surface area contributed by atoms with Gasteiger partial charge in [0.15, 0.2) is 0 Å². The lowest BCUT2D eigenvalue weighted by molar-refractivity contribution is 0.0953. The third-order valence-corrected chi connectivity index (χ3v) is 5.97. The van der Waals surface area contributed by atoms with Crippen LogP contribution in [0.1, 0.15) is 54.4 Å². The molecule has 1 amide bonds. The van der Waals surface area contributed by atoms with Gasteiger partial charge in [0.2, 0.25) is 0 Å². The maximum atomic E-state index is 12.3. The summed E-state index contributed by atoms with van der Waals surface area (Å²) in [6, 6.07) is 26.0. The van der Waals surface area contributed by atoms with Gasteiger partial charge < -0.3 is 14.6 Å². The van der Waals surface area contributed by atoms with Crippen LogP contribution in [-0.2, 0) is 13.0 Å². The van der Waals surface area contributed by atoms with Crippen molar-refractivity contribution >= 4 is 16.9 Å². The van der Waals surface area contributed by atoms with E-state index in [0.29, 0.717) is 24.6 Å². The Kier molecular flexibility index (Phi) is 7.97. The molecule has 176 valence electrons. The number of ether oxygens (including phenoxy) is 1. The van der Waals surface area contributed by atoms with Crippen molar-refractivity contribution < 1.29 is 9.53 Å². The third-order valence-electron chi connectivity index (χ3n) is 5.97. The Hall–Kier alpha value is -3.60. The fourth-order valence-corrected chi connectivity index (χ4v) is 4.07. The predicted molar refractivity (Wildman–Crippen MR) is 137 cm³/mol.